The monoisotopic (exact) mass is 394 g/mol. The minimum absolute atomic E-state index is 0.00726. The average Bonchev–Trinajstić information content (AvgIpc) is 2.67. The molecule has 7 nitrogen and oxygen atoms in total. The van der Waals surface area contributed by atoms with Crippen molar-refractivity contribution >= 4 is 21.9 Å². The molecular formula is C19H26N2O5S. The van der Waals surface area contributed by atoms with Crippen molar-refractivity contribution in [2.24, 2.45) is 0 Å². The van der Waals surface area contributed by atoms with E-state index >= 15 is 0 Å². The number of carbonyl (C=O) groups excluding carboxylic acids is 2. The topological polar surface area (TPSA) is 92.8 Å². The summed E-state index contributed by atoms with van der Waals surface area (Å²) in [5, 5.41) is 2.73. The highest BCUT2D eigenvalue weighted by Gasteiger charge is 2.19. The fraction of sp³-hybridized carbons (Fsp3) is 0.474. The predicted molar refractivity (Wildman–Crippen MR) is 102 cm³/mol. The third-order valence-electron chi connectivity index (χ3n) is 4.34. The highest BCUT2D eigenvalue weighted by molar-refractivity contribution is 7.89. The number of nitrogens with zero attached hydrogens (tertiary/aromatic N) is 1. The first kappa shape index (κ1) is 21.1. The van der Waals surface area contributed by atoms with E-state index in [9.17, 15) is 18.0 Å². The number of amides is 1. The maximum absolute atomic E-state index is 12.1. The molecule has 0 heterocycles. The van der Waals surface area contributed by atoms with Crippen LogP contribution in [0.25, 0.3) is 0 Å². The Hall–Kier alpha value is -2.19. The van der Waals surface area contributed by atoms with Crippen LogP contribution in [0.3, 0.4) is 0 Å². The second-order valence-corrected chi connectivity index (χ2v) is 8.75. The summed E-state index contributed by atoms with van der Waals surface area (Å²) in [6.45, 7) is 0.112. The number of esters is 1. The van der Waals surface area contributed by atoms with Crippen LogP contribution < -0.4 is 5.32 Å². The molecule has 8 heteroatoms. The average molecular weight is 394 g/mol. The molecule has 1 aromatic carbocycles. The van der Waals surface area contributed by atoms with E-state index in [-0.39, 0.29) is 16.4 Å². The minimum Gasteiger partial charge on any atom is -0.452 e. The highest BCUT2D eigenvalue weighted by Crippen LogP contribution is 2.19. The Balaban J connectivity index is 1.83. The first-order chi connectivity index (χ1) is 12.8. The van der Waals surface area contributed by atoms with Gasteiger partial charge in [-0.05, 0) is 50.3 Å². The fourth-order valence-electron chi connectivity index (χ4n) is 2.75. The summed E-state index contributed by atoms with van der Waals surface area (Å²) in [5.74, 6) is -1.12. The molecule has 0 aliphatic heterocycles. The van der Waals surface area contributed by atoms with E-state index in [1.165, 1.54) is 56.8 Å². The van der Waals surface area contributed by atoms with Crippen molar-refractivity contribution in [1.82, 2.24) is 9.62 Å². The Labute approximate surface area is 160 Å². The summed E-state index contributed by atoms with van der Waals surface area (Å²) in [7, 11) is -0.825. The highest BCUT2D eigenvalue weighted by atomic mass is 32.2. The molecule has 0 radical (unpaired) electrons. The third-order valence-corrected chi connectivity index (χ3v) is 6.15. The maximum atomic E-state index is 12.1. The van der Waals surface area contributed by atoms with E-state index in [0.717, 1.165) is 23.6 Å². The van der Waals surface area contributed by atoms with Gasteiger partial charge in [-0.1, -0.05) is 17.7 Å². The van der Waals surface area contributed by atoms with Gasteiger partial charge < -0.3 is 10.1 Å². The van der Waals surface area contributed by atoms with Gasteiger partial charge in [-0.25, -0.2) is 17.5 Å². The van der Waals surface area contributed by atoms with Crippen LogP contribution >= 0.6 is 0 Å². The summed E-state index contributed by atoms with van der Waals surface area (Å²) in [4.78, 5) is 23.9. The number of carbonyl (C=O) groups is 2. The molecule has 148 valence electrons. The van der Waals surface area contributed by atoms with Crippen LogP contribution in [0, 0.1) is 0 Å². The molecule has 0 atom stereocenters. The van der Waals surface area contributed by atoms with Crippen molar-refractivity contribution in [1.29, 1.82) is 0 Å². The van der Waals surface area contributed by atoms with Crippen molar-refractivity contribution in [3.8, 4) is 0 Å². The zero-order chi connectivity index (χ0) is 19.9. The zero-order valence-electron chi connectivity index (χ0n) is 15.7. The van der Waals surface area contributed by atoms with E-state index in [0.29, 0.717) is 6.54 Å². The lowest BCUT2D eigenvalue weighted by Gasteiger charge is -2.13. The molecule has 0 saturated carbocycles. The fourth-order valence-corrected chi connectivity index (χ4v) is 3.70. The molecule has 1 N–H and O–H groups in total. The lowest BCUT2D eigenvalue weighted by molar-refractivity contribution is -0.124. The van der Waals surface area contributed by atoms with E-state index in [2.05, 4.69) is 11.4 Å². The molecular weight excluding hydrogens is 368 g/mol. The van der Waals surface area contributed by atoms with Crippen LogP contribution in [-0.2, 0) is 19.6 Å². The summed E-state index contributed by atoms with van der Waals surface area (Å²) in [6, 6.07) is 5.55. The standard InChI is InChI=1S/C19H26N2O5S/c1-21(2)27(24,25)17-10-6-9-16(13-17)19(23)26-14-18(22)20-12-11-15-7-4-3-5-8-15/h6-7,9-10,13H,3-5,8,11-12,14H2,1-2H3,(H,20,22). The molecule has 0 fully saturated rings. The van der Waals surface area contributed by atoms with Crippen molar-refractivity contribution < 1.29 is 22.7 Å². The van der Waals surface area contributed by atoms with Crippen LogP contribution in [-0.4, -0.2) is 51.8 Å². The number of benzene rings is 1. The lowest BCUT2D eigenvalue weighted by Crippen LogP contribution is -2.30. The number of hydrogen-bond donors (Lipinski definition) is 1. The number of allylic oxidation sites excluding steroid dienone is 1. The molecule has 2 rings (SSSR count). The first-order valence-electron chi connectivity index (χ1n) is 8.95. The SMILES string of the molecule is CN(C)S(=O)(=O)c1cccc(C(=O)OCC(=O)NCCC2=CCCCC2)c1. The summed E-state index contributed by atoms with van der Waals surface area (Å²) in [6.07, 6.45) is 7.64. The minimum atomic E-state index is -3.65. The number of ether oxygens (including phenoxy) is 1. The Kier molecular flexibility index (Phi) is 7.55. The molecule has 1 aliphatic rings. The van der Waals surface area contributed by atoms with Crippen molar-refractivity contribution in [3.05, 3.63) is 41.5 Å². The maximum Gasteiger partial charge on any atom is 0.338 e. The molecule has 0 bridgehead atoms. The Morgan fingerprint density at radius 1 is 1.22 bits per heavy atom. The molecule has 0 saturated heterocycles. The van der Waals surface area contributed by atoms with Crippen LogP contribution in [0.2, 0.25) is 0 Å². The number of rotatable bonds is 8. The summed E-state index contributed by atoms with van der Waals surface area (Å²) < 4.78 is 30.3. The molecule has 0 aromatic heterocycles. The molecule has 1 aliphatic carbocycles. The van der Waals surface area contributed by atoms with Crippen LogP contribution in [0.1, 0.15) is 42.5 Å². The van der Waals surface area contributed by atoms with Crippen molar-refractivity contribution in [3.63, 3.8) is 0 Å². The number of sulfonamides is 1. The van der Waals surface area contributed by atoms with Crippen LogP contribution in [0.15, 0.2) is 40.8 Å². The second kappa shape index (κ2) is 9.66. The van der Waals surface area contributed by atoms with E-state index < -0.39 is 22.6 Å². The molecule has 0 unspecified atom stereocenters. The molecule has 0 spiro atoms. The lowest BCUT2D eigenvalue weighted by atomic mass is 9.97. The Bertz CT molecular complexity index is 815. The second-order valence-electron chi connectivity index (χ2n) is 6.60. The van der Waals surface area contributed by atoms with Gasteiger partial charge in [0, 0.05) is 20.6 Å². The van der Waals surface area contributed by atoms with Gasteiger partial charge in [-0.2, -0.15) is 0 Å². The number of hydrogen-bond acceptors (Lipinski definition) is 5. The van der Waals surface area contributed by atoms with Gasteiger partial charge in [0.25, 0.3) is 5.91 Å². The van der Waals surface area contributed by atoms with E-state index in [4.69, 9.17) is 4.74 Å². The van der Waals surface area contributed by atoms with Crippen LogP contribution in [0.5, 0.6) is 0 Å². The van der Waals surface area contributed by atoms with Gasteiger partial charge in [-0.15, -0.1) is 0 Å². The third kappa shape index (κ3) is 6.18. The first-order valence-corrected chi connectivity index (χ1v) is 10.4. The van der Waals surface area contributed by atoms with E-state index in [1.807, 2.05) is 0 Å². The van der Waals surface area contributed by atoms with Gasteiger partial charge in [0.2, 0.25) is 10.0 Å². The van der Waals surface area contributed by atoms with Gasteiger partial charge in [-0.3, -0.25) is 4.79 Å². The quantitative estimate of drug-likeness (QED) is 0.538. The van der Waals surface area contributed by atoms with Crippen LogP contribution in [0.4, 0.5) is 0 Å². The van der Waals surface area contributed by atoms with Crippen molar-refractivity contribution in [2.45, 2.75) is 37.0 Å². The normalized spacial score (nSPS) is 14.6. The number of nitrogens with one attached hydrogen (secondary N) is 1. The molecule has 27 heavy (non-hydrogen) atoms. The van der Waals surface area contributed by atoms with Gasteiger partial charge in [0.05, 0.1) is 10.5 Å². The largest absolute Gasteiger partial charge is 0.452 e. The zero-order valence-corrected chi connectivity index (χ0v) is 16.5. The smallest absolute Gasteiger partial charge is 0.338 e. The Morgan fingerprint density at radius 2 is 2.00 bits per heavy atom. The van der Waals surface area contributed by atoms with Gasteiger partial charge in [0.1, 0.15) is 0 Å². The Morgan fingerprint density at radius 3 is 2.67 bits per heavy atom. The van der Waals surface area contributed by atoms with Gasteiger partial charge in [0.15, 0.2) is 6.61 Å². The predicted octanol–water partition coefficient (Wildman–Crippen LogP) is 2.10. The molecule has 1 amide bonds. The van der Waals surface area contributed by atoms with Crippen molar-refractivity contribution in [2.75, 3.05) is 27.2 Å². The van der Waals surface area contributed by atoms with Gasteiger partial charge >= 0.3 is 5.97 Å². The summed E-state index contributed by atoms with van der Waals surface area (Å²) in [5.41, 5.74) is 1.44. The molecule has 1 aromatic rings. The summed E-state index contributed by atoms with van der Waals surface area (Å²) >= 11 is 0. The van der Waals surface area contributed by atoms with E-state index in [1.54, 1.807) is 0 Å².